The zero-order chi connectivity index (χ0) is 15.0. The normalized spacial score (nSPS) is 11.3. The third-order valence-corrected chi connectivity index (χ3v) is 4.26. The molecule has 1 aromatic heterocycles. The van der Waals surface area contributed by atoms with E-state index < -0.39 is 0 Å². The lowest BCUT2D eigenvalue weighted by atomic mass is 10.2. The molecule has 0 bridgehead atoms. The lowest BCUT2D eigenvalue weighted by Gasteiger charge is -2.20. The molecule has 20 heavy (non-hydrogen) atoms. The SMILES string of the molecule is CC(=O)Nc1ccsc1CNCCCCN(C)C(C)C. The molecule has 0 aliphatic heterocycles. The molecule has 4 nitrogen and oxygen atoms in total. The minimum absolute atomic E-state index is 0.0126. The fourth-order valence-corrected chi connectivity index (χ4v) is 2.65. The lowest BCUT2D eigenvalue weighted by molar-refractivity contribution is -0.114. The predicted molar refractivity (Wildman–Crippen MR) is 87.3 cm³/mol. The number of carbonyl (C=O) groups is 1. The Hall–Kier alpha value is -0.910. The van der Waals surface area contributed by atoms with E-state index in [-0.39, 0.29) is 5.91 Å². The van der Waals surface area contributed by atoms with Crippen LogP contribution in [0.25, 0.3) is 0 Å². The molecule has 0 fully saturated rings. The summed E-state index contributed by atoms with van der Waals surface area (Å²) in [5, 5.41) is 8.32. The maximum atomic E-state index is 11.1. The van der Waals surface area contributed by atoms with Crippen LogP contribution in [0.15, 0.2) is 11.4 Å². The summed E-state index contributed by atoms with van der Waals surface area (Å²) in [5.74, 6) is -0.0126. The second-order valence-electron chi connectivity index (χ2n) is 5.40. The van der Waals surface area contributed by atoms with Crippen molar-refractivity contribution in [2.45, 2.75) is 46.2 Å². The van der Waals surface area contributed by atoms with E-state index in [0.717, 1.165) is 25.3 Å². The Morgan fingerprint density at radius 2 is 2.15 bits per heavy atom. The number of hydrogen-bond donors (Lipinski definition) is 2. The van der Waals surface area contributed by atoms with Crippen molar-refractivity contribution < 1.29 is 4.79 Å². The first-order valence-corrected chi connectivity index (χ1v) is 8.13. The topological polar surface area (TPSA) is 44.4 Å². The Balaban J connectivity index is 2.15. The minimum atomic E-state index is -0.0126. The number of unbranched alkanes of at least 4 members (excludes halogenated alkanes) is 1. The smallest absolute Gasteiger partial charge is 0.221 e. The summed E-state index contributed by atoms with van der Waals surface area (Å²) in [6.45, 7) is 8.98. The van der Waals surface area contributed by atoms with Crippen LogP contribution in [0.1, 0.15) is 38.5 Å². The highest BCUT2D eigenvalue weighted by atomic mass is 32.1. The highest BCUT2D eigenvalue weighted by molar-refractivity contribution is 7.10. The predicted octanol–water partition coefficient (Wildman–Crippen LogP) is 2.92. The fourth-order valence-electron chi connectivity index (χ4n) is 1.85. The van der Waals surface area contributed by atoms with E-state index in [1.54, 1.807) is 18.3 Å². The van der Waals surface area contributed by atoms with Crippen LogP contribution in [0.5, 0.6) is 0 Å². The number of rotatable bonds is 9. The van der Waals surface area contributed by atoms with Gasteiger partial charge in [0.2, 0.25) is 5.91 Å². The zero-order valence-corrected chi connectivity index (χ0v) is 13.8. The van der Waals surface area contributed by atoms with Gasteiger partial charge in [-0.25, -0.2) is 0 Å². The van der Waals surface area contributed by atoms with Crippen LogP contribution in [0.3, 0.4) is 0 Å². The van der Waals surface area contributed by atoms with Crippen LogP contribution in [0, 0.1) is 0 Å². The van der Waals surface area contributed by atoms with Crippen LogP contribution in [0.2, 0.25) is 0 Å². The number of hydrogen-bond acceptors (Lipinski definition) is 4. The van der Waals surface area contributed by atoms with E-state index in [2.05, 4.69) is 36.4 Å². The number of thiophene rings is 1. The van der Waals surface area contributed by atoms with E-state index in [9.17, 15) is 4.79 Å². The molecule has 0 aliphatic rings. The van der Waals surface area contributed by atoms with Crippen molar-refractivity contribution in [1.29, 1.82) is 0 Å². The number of nitrogens with zero attached hydrogens (tertiary/aromatic N) is 1. The van der Waals surface area contributed by atoms with Gasteiger partial charge in [-0.15, -0.1) is 11.3 Å². The van der Waals surface area contributed by atoms with Crippen molar-refractivity contribution in [1.82, 2.24) is 10.2 Å². The Kier molecular flexibility index (Phi) is 7.80. The first-order chi connectivity index (χ1) is 9.50. The van der Waals surface area contributed by atoms with Gasteiger partial charge < -0.3 is 15.5 Å². The summed E-state index contributed by atoms with van der Waals surface area (Å²) >= 11 is 1.68. The molecule has 0 unspecified atom stereocenters. The van der Waals surface area contributed by atoms with Gasteiger partial charge in [-0.2, -0.15) is 0 Å². The Bertz CT molecular complexity index is 404. The van der Waals surface area contributed by atoms with Gasteiger partial charge in [0.15, 0.2) is 0 Å². The van der Waals surface area contributed by atoms with Crippen molar-refractivity contribution in [3.63, 3.8) is 0 Å². The van der Waals surface area contributed by atoms with Gasteiger partial charge in [0, 0.05) is 24.4 Å². The van der Waals surface area contributed by atoms with Crippen LogP contribution < -0.4 is 10.6 Å². The maximum Gasteiger partial charge on any atom is 0.221 e. The molecule has 1 rings (SSSR count). The van der Waals surface area contributed by atoms with Crippen LogP contribution >= 0.6 is 11.3 Å². The molecule has 114 valence electrons. The number of carbonyl (C=O) groups excluding carboxylic acids is 1. The van der Waals surface area contributed by atoms with Crippen molar-refractivity contribution in [3.05, 3.63) is 16.3 Å². The Morgan fingerprint density at radius 3 is 2.80 bits per heavy atom. The van der Waals surface area contributed by atoms with E-state index in [1.165, 1.54) is 17.7 Å². The van der Waals surface area contributed by atoms with Crippen LogP contribution in [-0.2, 0) is 11.3 Å². The second kappa shape index (κ2) is 9.10. The second-order valence-corrected chi connectivity index (χ2v) is 6.40. The highest BCUT2D eigenvalue weighted by Crippen LogP contribution is 2.21. The van der Waals surface area contributed by atoms with Crippen LogP contribution in [0.4, 0.5) is 5.69 Å². The monoisotopic (exact) mass is 297 g/mol. The molecule has 1 heterocycles. The molecule has 1 amide bonds. The third-order valence-electron chi connectivity index (χ3n) is 3.34. The first kappa shape index (κ1) is 17.1. The molecule has 1 aromatic rings. The first-order valence-electron chi connectivity index (χ1n) is 7.25. The summed E-state index contributed by atoms with van der Waals surface area (Å²) in [4.78, 5) is 14.6. The summed E-state index contributed by atoms with van der Waals surface area (Å²) < 4.78 is 0. The van der Waals surface area contributed by atoms with E-state index in [0.29, 0.717) is 6.04 Å². The van der Waals surface area contributed by atoms with Crippen LogP contribution in [-0.4, -0.2) is 37.0 Å². The third kappa shape index (κ3) is 6.50. The van der Waals surface area contributed by atoms with Crippen molar-refractivity contribution in [2.24, 2.45) is 0 Å². The van der Waals surface area contributed by atoms with Gasteiger partial charge in [0.1, 0.15) is 0 Å². The average Bonchev–Trinajstić information content (AvgIpc) is 2.79. The largest absolute Gasteiger partial charge is 0.325 e. The molecule has 5 heteroatoms. The van der Waals surface area contributed by atoms with Gasteiger partial charge in [-0.1, -0.05) is 0 Å². The Labute approximate surface area is 126 Å². The van der Waals surface area contributed by atoms with Gasteiger partial charge in [0.25, 0.3) is 0 Å². The molecule has 0 atom stereocenters. The highest BCUT2D eigenvalue weighted by Gasteiger charge is 2.05. The fraction of sp³-hybridized carbons (Fsp3) is 0.667. The summed E-state index contributed by atoms with van der Waals surface area (Å²) in [7, 11) is 2.17. The number of amides is 1. The lowest BCUT2D eigenvalue weighted by Crippen LogP contribution is -2.27. The quantitative estimate of drug-likeness (QED) is 0.689. The maximum absolute atomic E-state index is 11.1. The minimum Gasteiger partial charge on any atom is -0.325 e. The van der Waals surface area contributed by atoms with E-state index in [4.69, 9.17) is 0 Å². The van der Waals surface area contributed by atoms with Crippen molar-refractivity contribution in [3.8, 4) is 0 Å². The van der Waals surface area contributed by atoms with Crippen molar-refractivity contribution >= 4 is 22.9 Å². The molecule has 0 aromatic carbocycles. The van der Waals surface area contributed by atoms with Crippen molar-refractivity contribution in [2.75, 3.05) is 25.5 Å². The number of nitrogens with one attached hydrogen (secondary N) is 2. The summed E-state index contributed by atoms with van der Waals surface area (Å²) in [6, 6.07) is 2.58. The molecule has 0 saturated heterocycles. The average molecular weight is 297 g/mol. The van der Waals surface area contributed by atoms with Gasteiger partial charge in [-0.05, 0) is 58.3 Å². The molecule has 0 saturated carbocycles. The van der Waals surface area contributed by atoms with Gasteiger partial charge in [-0.3, -0.25) is 4.79 Å². The zero-order valence-electron chi connectivity index (χ0n) is 13.0. The Morgan fingerprint density at radius 1 is 1.40 bits per heavy atom. The molecular formula is C15H27N3OS. The standard InChI is InChI=1S/C15H27N3OS/c1-12(2)18(4)9-6-5-8-16-11-15-14(7-10-20-15)17-13(3)19/h7,10,12,16H,5-6,8-9,11H2,1-4H3,(H,17,19). The molecular weight excluding hydrogens is 270 g/mol. The molecule has 0 aliphatic carbocycles. The van der Waals surface area contributed by atoms with Gasteiger partial charge in [0.05, 0.1) is 5.69 Å². The summed E-state index contributed by atoms with van der Waals surface area (Å²) in [6.07, 6.45) is 2.39. The molecule has 0 radical (unpaired) electrons. The molecule has 0 spiro atoms. The van der Waals surface area contributed by atoms with Gasteiger partial charge >= 0.3 is 0 Å². The van der Waals surface area contributed by atoms with E-state index >= 15 is 0 Å². The van der Waals surface area contributed by atoms with E-state index in [1.807, 2.05) is 11.4 Å². The number of anilines is 1. The summed E-state index contributed by atoms with van der Waals surface area (Å²) in [5.41, 5.74) is 0.939. The molecule has 2 N–H and O–H groups in total.